The van der Waals surface area contributed by atoms with Crippen LogP contribution in [-0.4, -0.2) is 61.8 Å². The third-order valence-electron chi connectivity index (χ3n) is 5.47. The standard InChI is InChI=1S/C19H27N3O4S/c1-27(25,26)14-19(7-8-19)12-17(23)22-10-5-15(6-11-22)13-21-18(24)16-4-2-3-9-20-16/h2-4,9,15H,5-8,10-14H2,1H3,(H,21,24). The fourth-order valence-corrected chi connectivity index (χ4v) is 5.25. The van der Waals surface area contributed by atoms with Crippen molar-refractivity contribution >= 4 is 21.7 Å². The molecule has 148 valence electrons. The molecular formula is C19H27N3O4S. The molecule has 2 heterocycles. The van der Waals surface area contributed by atoms with E-state index in [4.69, 9.17) is 0 Å². The van der Waals surface area contributed by atoms with Crippen LogP contribution in [-0.2, 0) is 14.6 Å². The minimum atomic E-state index is -3.06. The number of hydrogen-bond donors (Lipinski definition) is 1. The Hall–Kier alpha value is -1.96. The number of likely N-dealkylation sites (tertiary alicyclic amines) is 1. The van der Waals surface area contributed by atoms with Gasteiger partial charge in [0.05, 0.1) is 5.75 Å². The Balaban J connectivity index is 1.41. The number of piperidine rings is 1. The number of aromatic nitrogens is 1. The predicted octanol–water partition coefficient (Wildman–Crippen LogP) is 1.26. The number of hydrogen-bond acceptors (Lipinski definition) is 5. The van der Waals surface area contributed by atoms with E-state index in [9.17, 15) is 18.0 Å². The van der Waals surface area contributed by atoms with Gasteiger partial charge in [0.25, 0.3) is 5.91 Å². The second-order valence-electron chi connectivity index (χ2n) is 8.00. The van der Waals surface area contributed by atoms with E-state index in [-0.39, 0.29) is 23.0 Å². The average molecular weight is 394 g/mol. The van der Waals surface area contributed by atoms with Gasteiger partial charge in [-0.2, -0.15) is 0 Å². The molecule has 1 N–H and O–H groups in total. The topological polar surface area (TPSA) is 96.4 Å². The molecule has 0 unspecified atom stereocenters. The Bertz CT molecular complexity index is 782. The van der Waals surface area contributed by atoms with Gasteiger partial charge in [-0.05, 0) is 49.1 Å². The number of sulfone groups is 1. The van der Waals surface area contributed by atoms with Gasteiger partial charge in [-0.3, -0.25) is 14.6 Å². The van der Waals surface area contributed by atoms with Crippen molar-refractivity contribution in [2.24, 2.45) is 11.3 Å². The molecule has 2 fully saturated rings. The van der Waals surface area contributed by atoms with Crippen LogP contribution < -0.4 is 5.32 Å². The summed E-state index contributed by atoms with van der Waals surface area (Å²) in [5.41, 5.74) is 0.0868. The maximum Gasteiger partial charge on any atom is 0.269 e. The van der Waals surface area contributed by atoms with Crippen LogP contribution >= 0.6 is 0 Å². The summed E-state index contributed by atoms with van der Waals surface area (Å²) in [5.74, 6) is 0.340. The maximum atomic E-state index is 12.6. The molecule has 0 atom stereocenters. The zero-order valence-electron chi connectivity index (χ0n) is 15.7. The van der Waals surface area contributed by atoms with Crippen molar-refractivity contribution in [1.82, 2.24) is 15.2 Å². The molecule has 0 bridgehead atoms. The first-order chi connectivity index (χ1) is 12.8. The highest BCUT2D eigenvalue weighted by molar-refractivity contribution is 7.90. The van der Waals surface area contributed by atoms with E-state index in [2.05, 4.69) is 10.3 Å². The molecule has 1 aromatic rings. The molecule has 2 amide bonds. The van der Waals surface area contributed by atoms with Gasteiger partial charge in [-0.15, -0.1) is 0 Å². The summed E-state index contributed by atoms with van der Waals surface area (Å²) >= 11 is 0. The Kier molecular flexibility index (Phi) is 5.83. The molecule has 1 aliphatic carbocycles. The molecule has 0 spiro atoms. The molecule has 8 heteroatoms. The Morgan fingerprint density at radius 1 is 1.26 bits per heavy atom. The highest BCUT2D eigenvalue weighted by Gasteiger charge is 2.47. The Labute approximate surface area is 160 Å². The molecule has 1 aliphatic heterocycles. The number of rotatable bonds is 7. The highest BCUT2D eigenvalue weighted by Crippen LogP contribution is 2.50. The van der Waals surface area contributed by atoms with Gasteiger partial charge in [-0.1, -0.05) is 6.07 Å². The molecule has 2 aliphatic rings. The fourth-order valence-electron chi connectivity index (χ4n) is 3.75. The van der Waals surface area contributed by atoms with E-state index in [0.717, 1.165) is 25.7 Å². The van der Waals surface area contributed by atoms with E-state index in [1.807, 2.05) is 4.90 Å². The van der Waals surface area contributed by atoms with Crippen LogP contribution in [0.2, 0.25) is 0 Å². The van der Waals surface area contributed by atoms with Crippen molar-refractivity contribution in [2.45, 2.75) is 32.1 Å². The zero-order valence-corrected chi connectivity index (χ0v) is 16.5. The first-order valence-corrected chi connectivity index (χ1v) is 11.5. The van der Waals surface area contributed by atoms with Gasteiger partial charge >= 0.3 is 0 Å². The van der Waals surface area contributed by atoms with Crippen LogP contribution in [0.5, 0.6) is 0 Å². The van der Waals surface area contributed by atoms with Gasteiger partial charge in [0.1, 0.15) is 15.5 Å². The molecule has 0 radical (unpaired) electrons. The Morgan fingerprint density at radius 3 is 2.52 bits per heavy atom. The molecule has 7 nitrogen and oxygen atoms in total. The summed E-state index contributed by atoms with van der Waals surface area (Å²) in [6.45, 7) is 1.91. The lowest BCUT2D eigenvalue weighted by Crippen LogP contribution is -2.42. The second kappa shape index (κ2) is 7.96. The number of carbonyl (C=O) groups excluding carboxylic acids is 2. The van der Waals surface area contributed by atoms with Gasteiger partial charge in [-0.25, -0.2) is 8.42 Å². The Morgan fingerprint density at radius 2 is 1.96 bits per heavy atom. The number of carbonyl (C=O) groups is 2. The maximum absolute atomic E-state index is 12.6. The van der Waals surface area contributed by atoms with Gasteiger partial charge in [0, 0.05) is 38.5 Å². The van der Waals surface area contributed by atoms with Crippen molar-refractivity contribution in [1.29, 1.82) is 0 Å². The third kappa shape index (κ3) is 5.76. The lowest BCUT2D eigenvalue weighted by atomic mass is 9.95. The summed E-state index contributed by atoms with van der Waals surface area (Å²) in [6, 6.07) is 5.23. The SMILES string of the molecule is CS(=O)(=O)CC1(CC(=O)N2CCC(CNC(=O)c3ccccn3)CC2)CC1. The normalized spacial score (nSPS) is 19.5. The highest BCUT2D eigenvalue weighted by atomic mass is 32.2. The van der Waals surface area contributed by atoms with Gasteiger partial charge < -0.3 is 10.2 Å². The van der Waals surface area contributed by atoms with E-state index in [0.29, 0.717) is 37.7 Å². The minimum absolute atomic E-state index is 0.0621. The number of pyridine rings is 1. The van der Waals surface area contributed by atoms with Crippen molar-refractivity contribution in [3.63, 3.8) is 0 Å². The number of nitrogens with one attached hydrogen (secondary N) is 1. The monoisotopic (exact) mass is 393 g/mol. The van der Waals surface area contributed by atoms with Crippen molar-refractivity contribution in [2.75, 3.05) is 31.6 Å². The van der Waals surface area contributed by atoms with E-state index >= 15 is 0 Å². The summed E-state index contributed by atoms with van der Waals surface area (Å²) in [6.07, 6.45) is 6.49. The first kappa shape index (κ1) is 19.8. The van der Waals surface area contributed by atoms with Crippen LogP contribution in [0.1, 0.15) is 42.6 Å². The fraction of sp³-hybridized carbons (Fsp3) is 0.632. The summed E-state index contributed by atoms with van der Waals surface area (Å²) in [5, 5.41) is 2.92. The van der Waals surface area contributed by atoms with Crippen LogP contribution in [0.4, 0.5) is 0 Å². The lowest BCUT2D eigenvalue weighted by molar-refractivity contribution is -0.133. The van der Waals surface area contributed by atoms with Crippen LogP contribution in [0.25, 0.3) is 0 Å². The van der Waals surface area contributed by atoms with Gasteiger partial charge in [0.2, 0.25) is 5.91 Å². The molecule has 1 saturated heterocycles. The van der Waals surface area contributed by atoms with Crippen LogP contribution in [0.15, 0.2) is 24.4 Å². The van der Waals surface area contributed by atoms with Crippen molar-refractivity contribution < 1.29 is 18.0 Å². The first-order valence-electron chi connectivity index (χ1n) is 9.41. The minimum Gasteiger partial charge on any atom is -0.350 e. The molecular weight excluding hydrogens is 366 g/mol. The van der Waals surface area contributed by atoms with E-state index in [1.165, 1.54) is 6.26 Å². The van der Waals surface area contributed by atoms with Crippen LogP contribution in [0.3, 0.4) is 0 Å². The predicted molar refractivity (Wildman–Crippen MR) is 102 cm³/mol. The summed E-state index contributed by atoms with van der Waals surface area (Å²) in [4.78, 5) is 30.5. The third-order valence-corrected chi connectivity index (χ3v) is 6.60. The van der Waals surface area contributed by atoms with Gasteiger partial charge in [0.15, 0.2) is 0 Å². The molecule has 3 rings (SSSR count). The molecule has 1 aromatic heterocycles. The second-order valence-corrected chi connectivity index (χ2v) is 10.1. The molecule has 27 heavy (non-hydrogen) atoms. The number of amides is 2. The van der Waals surface area contributed by atoms with E-state index < -0.39 is 9.84 Å². The number of nitrogens with zero attached hydrogens (tertiary/aromatic N) is 2. The molecule has 1 saturated carbocycles. The average Bonchev–Trinajstić information content (AvgIpc) is 3.37. The lowest BCUT2D eigenvalue weighted by Gasteiger charge is -2.33. The zero-order chi connectivity index (χ0) is 19.5. The molecule has 0 aromatic carbocycles. The van der Waals surface area contributed by atoms with Crippen molar-refractivity contribution in [3.05, 3.63) is 30.1 Å². The largest absolute Gasteiger partial charge is 0.350 e. The smallest absolute Gasteiger partial charge is 0.269 e. The van der Waals surface area contributed by atoms with Crippen LogP contribution in [0, 0.1) is 11.3 Å². The van der Waals surface area contributed by atoms with E-state index in [1.54, 1.807) is 24.4 Å². The quantitative estimate of drug-likeness (QED) is 0.752. The summed E-state index contributed by atoms with van der Waals surface area (Å²) < 4.78 is 23.1. The summed E-state index contributed by atoms with van der Waals surface area (Å²) in [7, 11) is -3.06. The van der Waals surface area contributed by atoms with Crippen molar-refractivity contribution in [3.8, 4) is 0 Å².